The Labute approximate surface area is 193 Å². The van der Waals surface area contributed by atoms with Crippen molar-refractivity contribution < 1.29 is 4.79 Å². The second-order valence-corrected chi connectivity index (χ2v) is 7.15. The van der Waals surface area contributed by atoms with Crippen LogP contribution in [0.25, 0.3) is 0 Å². The first-order chi connectivity index (χ1) is 13.7. The number of benzene rings is 1. The fourth-order valence-electron chi connectivity index (χ4n) is 3.00. The smallest absolute Gasteiger partial charge is 0.251 e. The first-order valence-electron chi connectivity index (χ1n) is 9.57. The van der Waals surface area contributed by atoms with Crippen molar-refractivity contribution in [3.63, 3.8) is 0 Å². The van der Waals surface area contributed by atoms with Crippen LogP contribution in [0.4, 0.5) is 5.13 Å². The van der Waals surface area contributed by atoms with Crippen LogP contribution < -0.4 is 15.5 Å². The molecular formula is C19H28IN7OS. The third-order valence-corrected chi connectivity index (χ3v) is 5.38. The molecule has 0 bridgehead atoms. The van der Waals surface area contributed by atoms with Gasteiger partial charge in [0.25, 0.3) is 5.91 Å². The Kier molecular flexibility index (Phi) is 9.58. The van der Waals surface area contributed by atoms with Crippen LogP contribution in [0.1, 0.15) is 23.1 Å². The number of carbonyl (C=O) groups is 1. The van der Waals surface area contributed by atoms with Gasteiger partial charge >= 0.3 is 0 Å². The molecule has 29 heavy (non-hydrogen) atoms. The molecule has 158 valence electrons. The number of nitrogens with zero attached hydrogens (tertiary/aromatic N) is 5. The molecule has 1 amide bonds. The highest BCUT2D eigenvalue weighted by Gasteiger charge is 2.21. The average Bonchev–Trinajstić information content (AvgIpc) is 3.24. The molecule has 1 aromatic carbocycles. The first kappa shape index (κ1) is 23.3. The molecule has 2 aromatic rings. The molecule has 0 atom stereocenters. The summed E-state index contributed by atoms with van der Waals surface area (Å²) in [5.74, 6) is 1.71. The minimum atomic E-state index is -0.0606. The van der Waals surface area contributed by atoms with E-state index < -0.39 is 0 Å². The minimum Gasteiger partial charge on any atom is -0.354 e. The molecule has 2 heterocycles. The molecule has 2 N–H and O–H groups in total. The van der Waals surface area contributed by atoms with Crippen molar-refractivity contribution >= 4 is 52.5 Å². The highest BCUT2D eigenvalue weighted by Crippen LogP contribution is 2.19. The van der Waals surface area contributed by atoms with Crippen LogP contribution in [0.5, 0.6) is 0 Å². The van der Waals surface area contributed by atoms with Crippen molar-refractivity contribution in [1.29, 1.82) is 0 Å². The van der Waals surface area contributed by atoms with E-state index in [4.69, 9.17) is 0 Å². The zero-order chi connectivity index (χ0) is 19.8. The fraction of sp³-hybridized carbons (Fsp3) is 0.474. The summed E-state index contributed by atoms with van der Waals surface area (Å²) in [7, 11) is 1.79. The number of halogens is 1. The Morgan fingerprint density at radius 2 is 1.83 bits per heavy atom. The maximum Gasteiger partial charge on any atom is 0.251 e. The highest BCUT2D eigenvalue weighted by atomic mass is 127. The van der Waals surface area contributed by atoms with Gasteiger partial charge in [0, 0.05) is 69.8 Å². The Hall–Kier alpha value is -1.95. The monoisotopic (exact) mass is 529 g/mol. The molecule has 1 aromatic heterocycles. The molecule has 1 aliphatic rings. The molecule has 1 fully saturated rings. The number of rotatable bonds is 6. The molecule has 0 spiro atoms. The van der Waals surface area contributed by atoms with Crippen LogP contribution in [-0.2, 0) is 6.42 Å². The van der Waals surface area contributed by atoms with Gasteiger partial charge < -0.3 is 20.4 Å². The number of hydrogen-bond acceptors (Lipinski definition) is 6. The van der Waals surface area contributed by atoms with Crippen molar-refractivity contribution in [2.75, 3.05) is 51.2 Å². The molecule has 0 radical (unpaired) electrons. The Morgan fingerprint density at radius 3 is 2.45 bits per heavy atom. The number of piperazine rings is 1. The molecule has 8 nitrogen and oxygen atoms in total. The summed E-state index contributed by atoms with van der Waals surface area (Å²) in [4.78, 5) is 25.5. The molecule has 1 saturated heterocycles. The SMILES string of the molecule is CCc1nsc(N2CCN(C(=NC)NCCNC(=O)c3ccccc3)CC2)n1.I. The van der Waals surface area contributed by atoms with Gasteiger partial charge in [-0.3, -0.25) is 9.79 Å². The zero-order valence-corrected chi connectivity index (χ0v) is 19.9. The highest BCUT2D eigenvalue weighted by molar-refractivity contribution is 14.0. The first-order valence-corrected chi connectivity index (χ1v) is 10.3. The van der Waals surface area contributed by atoms with Gasteiger partial charge in [-0.05, 0) is 12.1 Å². The van der Waals surface area contributed by atoms with Crippen LogP contribution in [-0.4, -0.2) is 72.4 Å². The van der Waals surface area contributed by atoms with Gasteiger partial charge in [0.15, 0.2) is 5.96 Å². The summed E-state index contributed by atoms with van der Waals surface area (Å²) in [5, 5.41) is 7.25. The van der Waals surface area contributed by atoms with Gasteiger partial charge in [-0.2, -0.15) is 4.37 Å². The van der Waals surface area contributed by atoms with E-state index in [0.29, 0.717) is 18.7 Å². The zero-order valence-electron chi connectivity index (χ0n) is 16.8. The van der Waals surface area contributed by atoms with Crippen LogP contribution in [0.3, 0.4) is 0 Å². The predicted molar refractivity (Wildman–Crippen MR) is 129 cm³/mol. The molecule has 10 heteroatoms. The maximum atomic E-state index is 12.1. The van der Waals surface area contributed by atoms with Crippen LogP contribution in [0.2, 0.25) is 0 Å². The summed E-state index contributed by atoms with van der Waals surface area (Å²) < 4.78 is 4.37. The summed E-state index contributed by atoms with van der Waals surface area (Å²) in [5.41, 5.74) is 0.672. The van der Waals surface area contributed by atoms with E-state index in [1.165, 1.54) is 11.5 Å². The number of nitrogens with one attached hydrogen (secondary N) is 2. The van der Waals surface area contributed by atoms with E-state index >= 15 is 0 Å². The molecule has 0 aliphatic carbocycles. The third-order valence-electron chi connectivity index (χ3n) is 4.56. The van der Waals surface area contributed by atoms with Crippen molar-refractivity contribution in [3.8, 4) is 0 Å². The quantitative estimate of drug-likeness (QED) is 0.257. The predicted octanol–water partition coefficient (Wildman–Crippen LogP) is 1.85. The molecule has 0 unspecified atom stereocenters. The summed E-state index contributed by atoms with van der Waals surface area (Å²) in [6.07, 6.45) is 0.869. The van der Waals surface area contributed by atoms with Crippen LogP contribution in [0, 0.1) is 0 Å². The van der Waals surface area contributed by atoms with Gasteiger partial charge in [-0.1, -0.05) is 25.1 Å². The number of guanidine groups is 1. The van der Waals surface area contributed by atoms with Gasteiger partial charge in [0.1, 0.15) is 5.82 Å². The second kappa shape index (κ2) is 11.9. The minimum absolute atomic E-state index is 0. The summed E-state index contributed by atoms with van der Waals surface area (Å²) in [6, 6.07) is 9.24. The average molecular weight is 529 g/mol. The Balaban J connectivity index is 0.00000300. The van der Waals surface area contributed by atoms with E-state index in [1.807, 2.05) is 30.3 Å². The maximum absolute atomic E-state index is 12.1. The number of anilines is 1. The molecular weight excluding hydrogens is 501 g/mol. The van der Waals surface area contributed by atoms with Crippen molar-refractivity contribution in [2.45, 2.75) is 13.3 Å². The number of aryl methyl sites for hydroxylation is 1. The van der Waals surface area contributed by atoms with E-state index in [-0.39, 0.29) is 29.9 Å². The third kappa shape index (κ3) is 6.53. The van der Waals surface area contributed by atoms with E-state index in [0.717, 1.165) is 49.5 Å². The van der Waals surface area contributed by atoms with E-state index in [1.54, 1.807) is 7.05 Å². The van der Waals surface area contributed by atoms with Crippen LogP contribution >= 0.6 is 35.5 Å². The van der Waals surface area contributed by atoms with Gasteiger partial charge in [0.2, 0.25) is 5.13 Å². The molecule has 1 aliphatic heterocycles. The van der Waals surface area contributed by atoms with E-state index in [9.17, 15) is 4.79 Å². The fourth-order valence-corrected chi connectivity index (χ4v) is 3.80. The topological polar surface area (TPSA) is 85.8 Å². The van der Waals surface area contributed by atoms with E-state index in [2.05, 4.69) is 41.7 Å². The lowest BCUT2D eigenvalue weighted by molar-refractivity contribution is 0.0954. The lowest BCUT2D eigenvalue weighted by Gasteiger charge is -2.36. The molecule has 3 rings (SSSR count). The normalized spacial score (nSPS) is 14.3. The number of amides is 1. The lowest BCUT2D eigenvalue weighted by atomic mass is 10.2. The number of aliphatic imine (C=N–C) groups is 1. The van der Waals surface area contributed by atoms with Crippen molar-refractivity contribution in [2.24, 2.45) is 4.99 Å². The van der Waals surface area contributed by atoms with Crippen LogP contribution in [0.15, 0.2) is 35.3 Å². The van der Waals surface area contributed by atoms with Crippen molar-refractivity contribution in [3.05, 3.63) is 41.7 Å². The summed E-state index contributed by atoms with van der Waals surface area (Å²) >= 11 is 1.47. The second-order valence-electron chi connectivity index (χ2n) is 6.42. The number of carbonyl (C=O) groups excluding carboxylic acids is 1. The lowest BCUT2D eigenvalue weighted by Crippen LogP contribution is -2.53. The summed E-state index contributed by atoms with van der Waals surface area (Å²) in [6.45, 7) is 6.77. The van der Waals surface area contributed by atoms with Gasteiger partial charge in [0.05, 0.1) is 0 Å². The Bertz CT molecular complexity index is 791. The standard InChI is InChI=1S/C19H27N7OS.HI/c1-3-16-23-19(28-24-16)26-13-11-25(12-14-26)18(20-2)22-10-9-21-17(27)15-7-5-4-6-8-15;/h4-8H,3,9-14H2,1-2H3,(H,20,22)(H,21,27);1H. The Morgan fingerprint density at radius 1 is 1.14 bits per heavy atom. The molecule has 0 saturated carbocycles. The number of hydrogen-bond donors (Lipinski definition) is 2. The largest absolute Gasteiger partial charge is 0.354 e. The van der Waals surface area contributed by atoms with Gasteiger partial charge in [-0.15, -0.1) is 24.0 Å². The number of aromatic nitrogens is 2. The van der Waals surface area contributed by atoms with Gasteiger partial charge in [-0.25, -0.2) is 4.98 Å². The van der Waals surface area contributed by atoms with Crippen molar-refractivity contribution in [1.82, 2.24) is 24.9 Å².